The van der Waals surface area contributed by atoms with Crippen LogP contribution in [0.15, 0.2) is 48.6 Å². The molecule has 6 rings (SSSR count). The first-order chi connectivity index (χ1) is 22.5. The van der Waals surface area contributed by atoms with Crippen LogP contribution in [0.1, 0.15) is 23.7 Å². The van der Waals surface area contributed by atoms with Crippen molar-refractivity contribution >= 4 is 28.2 Å². The number of aryl methyl sites for hydroxylation is 1. The summed E-state index contributed by atoms with van der Waals surface area (Å²) in [6.45, 7) is 17.8. The fourth-order valence-electron chi connectivity index (χ4n) is 6.87. The molecule has 46 heavy (non-hydrogen) atoms. The van der Waals surface area contributed by atoms with Crippen molar-refractivity contribution in [2.24, 2.45) is 0 Å². The maximum atomic E-state index is 12.8. The van der Waals surface area contributed by atoms with E-state index in [2.05, 4.69) is 69.8 Å². The minimum absolute atomic E-state index is 0.0677. The molecule has 2 atom stereocenters. The van der Waals surface area contributed by atoms with Gasteiger partial charge >= 0.3 is 6.01 Å². The molecule has 1 unspecified atom stereocenters. The normalized spacial score (nSPS) is 20.6. The van der Waals surface area contributed by atoms with Crippen molar-refractivity contribution < 1.29 is 18.7 Å². The SMILES string of the molecule is [C-]#[N+]C[C@H]1CN(c2nc(OCC3CN(CC)CCO3)nc3c2CCN(c2cccc4cccc(C)c24)C3)CCN1C(=O)/C=C/CF. The number of fused-ring (bicyclic) bond motifs is 2. The Morgan fingerprint density at radius 2 is 1.98 bits per heavy atom. The monoisotopic (exact) mass is 627 g/mol. The first-order valence-electron chi connectivity index (χ1n) is 16.2. The minimum atomic E-state index is -0.702. The Kier molecular flexibility index (Phi) is 9.95. The smallest absolute Gasteiger partial charge is 0.318 e. The second-order valence-corrected chi connectivity index (χ2v) is 12.1. The number of ether oxygens (including phenoxy) is 2. The van der Waals surface area contributed by atoms with Gasteiger partial charge in [0.2, 0.25) is 12.5 Å². The Hall–Kier alpha value is -4.27. The molecule has 0 spiro atoms. The van der Waals surface area contributed by atoms with Gasteiger partial charge in [0.25, 0.3) is 0 Å². The summed E-state index contributed by atoms with van der Waals surface area (Å²) in [6, 6.07) is 12.8. The van der Waals surface area contributed by atoms with Crippen LogP contribution in [-0.2, 0) is 22.5 Å². The van der Waals surface area contributed by atoms with E-state index in [0.29, 0.717) is 45.4 Å². The van der Waals surface area contributed by atoms with Crippen LogP contribution in [-0.4, -0.2) is 110 Å². The van der Waals surface area contributed by atoms with Gasteiger partial charge in [-0.1, -0.05) is 37.3 Å². The second kappa shape index (κ2) is 14.4. The number of allylic oxidation sites excluding steroid dienone is 1. The average Bonchev–Trinajstić information content (AvgIpc) is 3.09. The lowest BCUT2D eigenvalue weighted by molar-refractivity contribution is -0.128. The number of likely N-dealkylation sites (N-methyl/N-ethyl adjacent to an activating group) is 1. The molecule has 3 aromatic rings. The molecule has 10 nitrogen and oxygen atoms in total. The lowest BCUT2D eigenvalue weighted by atomic mass is 9.99. The molecule has 4 heterocycles. The van der Waals surface area contributed by atoms with Crippen molar-refractivity contribution in [2.75, 3.05) is 82.0 Å². The number of benzene rings is 2. The third kappa shape index (κ3) is 6.78. The zero-order valence-corrected chi connectivity index (χ0v) is 26.7. The molecule has 1 aromatic heterocycles. The molecule has 0 N–H and O–H groups in total. The van der Waals surface area contributed by atoms with Crippen molar-refractivity contribution in [3.05, 3.63) is 76.8 Å². The number of amides is 1. The van der Waals surface area contributed by atoms with Gasteiger partial charge in [-0.3, -0.25) is 9.69 Å². The van der Waals surface area contributed by atoms with Gasteiger partial charge in [-0.15, -0.1) is 0 Å². The number of anilines is 2. The first kappa shape index (κ1) is 31.7. The zero-order chi connectivity index (χ0) is 32.0. The summed E-state index contributed by atoms with van der Waals surface area (Å²) in [5.41, 5.74) is 4.41. The highest BCUT2D eigenvalue weighted by Crippen LogP contribution is 2.36. The Labute approximate surface area is 270 Å². The largest absolute Gasteiger partial charge is 0.461 e. The van der Waals surface area contributed by atoms with Crippen LogP contribution in [0.3, 0.4) is 0 Å². The van der Waals surface area contributed by atoms with Gasteiger partial charge in [-0.25, -0.2) is 11.0 Å². The summed E-state index contributed by atoms with van der Waals surface area (Å²) in [7, 11) is 0. The van der Waals surface area contributed by atoms with Crippen LogP contribution >= 0.6 is 0 Å². The van der Waals surface area contributed by atoms with E-state index in [9.17, 15) is 9.18 Å². The van der Waals surface area contributed by atoms with E-state index in [1.54, 1.807) is 4.90 Å². The quantitative estimate of drug-likeness (QED) is 0.260. The fraction of sp³-hybridized carbons (Fsp3) is 0.486. The summed E-state index contributed by atoms with van der Waals surface area (Å²) in [5, 5.41) is 2.46. The van der Waals surface area contributed by atoms with E-state index >= 15 is 0 Å². The number of nitrogens with zero attached hydrogens (tertiary/aromatic N) is 7. The molecule has 0 saturated carbocycles. The Morgan fingerprint density at radius 1 is 1.13 bits per heavy atom. The molecule has 2 saturated heterocycles. The number of piperazine rings is 1. The van der Waals surface area contributed by atoms with E-state index in [-0.39, 0.29) is 24.6 Å². The number of alkyl halides is 1. The molecule has 0 aliphatic carbocycles. The first-order valence-corrected chi connectivity index (χ1v) is 16.2. The third-order valence-corrected chi connectivity index (χ3v) is 9.24. The number of hydrogen-bond acceptors (Lipinski definition) is 8. The molecule has 2 fully saturated rings. The van der Waals surface area contributed by atoms with E-state index in [0.717, 1.165) is 49.7 Å². The lowest BCUT2D eigenvalue weighted by Gasteiger charge is -2.41. The fourth-order valence-corrected chi connectivity index (χ4v) is 6.87. The van der Waals surface area contributed by atoms with E-state index in [1.807, 2.05) is 0 Å². The van der Waals surface area contributed by atoms with Crippen LogP contribution in [0, 0.1) is 13.5 Å². The summed E-state index contributed by atoms with van der Waals surface area (Å²) >= 11 is 0. The summed E-state index contributed by atoms with van der Waals surface area (Å²) in [4.78, 5) is 35.0. The predicted molar refractivity (Wildman–Crippen MR) is 177 cm³/mol. The van der Waals surface area contributed by atoms with Crippen LogP contribution in [0.25, 0.3) is 15.6 Å². The molecule has 1 amide bonds. The molecule has 11 heteroatoms. The van der Waals surface area contributed by atoms with Crippen molar-refractivity contribution in [3.63, 3.8) is 0 Å². The van der Waals surface area contributed by atoms with E-state index in [1.165, 1.54) is 34.2 Å². The van der Waals surface area contributed by atoms with Crippen LogP contribution in [0.2, 0.25) is 0 Å². The highest BCUT2D eigenvalue weighted by atomic mass is 19.1. The maximum Gasteiger partial charge on any atom is 0.318 e. The van der Waals surface area contributed by atoms with Crippen molar-refractivity contribution in [1.29, 1.82) is 0 Å². The molecule has 3 aliphatic rings. The number of rotatable bonds is 9. The summed E-state index contributed by atoms with van der Waals surface area (Å²) in [6.07, 6.45) is 3.16. The van der Waals surface area contributed by atoms with Gasteiger partial charge in [-0.05, 0) is 43.0 Å². The summed E-state index contributed by atoms with van der Waals surface area (Å²) in [5.74, 6) is 0.532. The average molecular weight is 628 g/mol. The Bertz CT molecular complexity index is 1620. The van der Waals surface area contributed by atoms with Gasteiger partial charge in [-0.2, -0.15) is 9.97 Å². The number of hydrogen-bond donors (Lipinski definition) is 0. The Morgan fingerprint density at radius 3 is 2.78 bits per heavy atom. The van der Waals surface area contributed by atoms with Gasteiger partial charge in [0.05, 0.1) is 18.8 Å². The van der Waals surface area contributed by atoms with Crippen molar-refractivity contribution in [3.8, 4) is 6.01 Å². The summed E-state index contributed by atoms with van der Waals surface area (Å²) < 4.78 is 25.0. The number of morpholine rings is 1. The third-order valence-electron chi connectivity index (χ3n) is 9.24. The number of carbonyl (C=O) groups excluding carboxylic acids is 1. The highest BCUT2D eigenvalue weighted by molar-refractivity contribution is 5.97. The second-order valence-electron chi connectivity index (χ2n) is 12.1. The molecule has 242 valence electrons. The lowest BCUT2D eigenvalue weighted by Crippen LogP contribution is -2.56. The molecule has 0 radical (unpaired) electrons. The van der Waals surface area contributed by atoms with E-state index < -0.39 is 6.67 Å². The molecule has 0 bridgehead atoms. The van der Waals surface area contributed by atoms with E-state index in [4.69, 9.17) is 26.0 Å². The van der Waals surface area contributed by atoms with Gasteiger partial charge in [0.15, 0.2) is 0 Å². The predicted octanol–water partition coefficient (Wildman–Crippen LogP) is 4.06. The number of aromatic nitrogens is 2. The van der Waals surface area contributed by atoms with Crippen molar-refractivity contribution in [2.45, 2.75) is 39.0 Å². The van der Waals surface area contributed by atoms with Gasteiger partial charge < -0.3 is 29.0 Å². The van der Waals surface area contributed by atoms with Crippen molar-refractivity contribution in [1.82, 2.24) is 19.8 Å². The molecular weight excluding hydrogens is 585 g/mol. The standard InChI is InChI=1S/C35H42FN7O3/c1-4-40-18-19-45-28(22-40)24-46-35-38-30-23-41(31-11-6-10-26-9-5-8-25(2)33(26)31)15-13-29(30)34(39-35)42-16-17-43(27(21-42)20-37-3)32(44)12-7-14-36/h5-12,27-28H,4,13-24H2,1-2H3/b12-7+/t27-,28?/m0/s1. The molecule has 2 aromatic carbocycles. The van der Waals surface area contributed by atoms with Crippen LogP contribution in [0.5, 0.6) is 6.01 Å². The number of carbonyl (C=O) groups is 1. The van der Waals surface area contributed by atoms with Gasteiger partial charge in [0.1, 0.15) is 31.2 Å². The maximum absolute atomic E-state index is 12.8. The highest BCUT2D eigenvalue weighted by Gasteiger charge is 2.35. The zero-order valence-electron chi connectivity index (χ0n) is 26.7. The minimum Gasteiger partial charge on any atom is -0.461 e. The molecular formula is C35H42FN7O3. The van der Waals surface area contributed by atoms with Crippen LogP contribution < -0.4 is 14.5 Å². The van der Waals surface area contributed by atoms with Gasteiger partial charge in [0, 0.05) is 62.0 Å². The van der Waals surface area contributed by atoms with Crippen LogP contribution in [0.4, 0.5) is 15.9 Å². The topological polar surface area (TPSA) is 78.6 Å². The Balaban J connectivity index is 1.31. The molecule has 3 aliphatic heterocycles. The number of halogens is 1.